The van der Waals surface area contributed by atoms with Crippen LogP contribution in [0.3, 0.4) is 0 Å². The second-order valence-electron chi connectivity index (χ2n) is 3.22. The summed E-state index contributed by atoms with van der Waals surface area (Å²) in [5.74, 6) is 0. The first-order valence-electron chi connectivity index (χ1n) is 4.24. The fourth-order valence-electron chi connectivity index (χ4n) is 1.38. The van der Waals surface area contributed by atoms with Gasteiger partial charge in [0.05, 0.1) is 0 Å². The zero-order valence-corrected chi connectivity index (χ0v) is 8.50. The number of rotatable bonds is 3. The fourth-order valence-corrected chi connectivity index (χ4v) is 2.00. The molecule has 0 radical (unpaired) electrons. The van der Waals surface area contributed by atoms with E-state index in [2.05, 4.69) is 51.2 Å². The van der Waals surface area contributed by atoms with E-state index in [1.807, 2.05) is 0 Å². The number of halogens is 1. The molecule has 12 heavy (non-hydrogen) atoms. The van der Waals surface area contributed by atoms with Gasteiger partial charge in [0.2, 0.25) is 0 Å². The summed E-state index contributed by atoms with van der Waals surface area (Å²) in [6, 6.07) is 11.4. The lowest BCUT2D eigenvalue weighted by atomic mass is 10.2. The van der Waals surface area contributed by atoms with E-state index in [9.17, 15) is 0 Å². The van der Waals surface area contributed by atoms with Crippen LogP contribution in [0.2, 0.25) is 0 Å². The monoisotopic (exact) mass is 225 g/mol. The van der Waals surface area contributed by atoms with Crippen LogP contribution in [0, 0.1) is 0 Å². The van der Waals surface area contributed by atoms with Gasteiger partial charge in [-0.1, -0.05) is 46.3 Å². The molecule has 2 atom stereocenters. The standard InChI is InChI=1S/C10H12BrN/c11-6-10-8-12(10)7-9-4-2-1-3-5-9/h1-5,10H,6-8H2/t10-,12?/m1/s1. The number of hydrogen-bond acceptors (Lipinski definition) is 1. The highest BCUT2D eigenvalue weighted by Crippen LogP contribution is 2.22. The van der Waals surface area contributed by atoms with Crippen LogP contribution in [0.1, 0.15) is 5.56 Å². The summed E-state index contributed by atoms with van der Waals surface area (Å²) in [4.78, 5) is 2.46. The average Bonchev–Trinajstić information content (AvgIpc) is 2.85. The lowest BCUT2D eigenvalue weighted by Crippen LogP contribution is -2.02. The summed E-state index contributed by atoms with van der Waals surface area (Å²) < 4.78 is 0. The minimum absolute atomic E-state index is 0.783. The number of hydrogen-bond donors (Lipinski definition) is 0. The van der Waals surface area contributed by atoms with Gasteiger partial charge in [0.15, 0.2) is 0 Å². The number of alkyl halides is 1. The van der Waals surface area contributed by atoms with Crippen molar-refractivity contribution in [3.8, 4) is 0 Å². The largest absolute Gasteiger partial charge is 0.292 e. The molecule has 0 aliphatic carbocycles. The predicted molar refractivity (Wildman–Crippen MR) is 54.4 cm³/mol. The van der Waals surface area contributed by atoms with Crippen molar-refractivity contribution >= 4 is 15.9 Å². The molecule has 0 N–H and O–H groups in total. The van der Waals surface area contributed by atoms with Crippen molar-refractivity contribution < 1.29 is 0 Å². The van der Waals surface area contributed by atoms with Crippen molar-refractivity contribution in [3.05, 3.63) is 35.9 Å². The van der Waals surface area contributed by atoms with E-state index in [1.165, 1.54) is 12.1 Å². The molecule has 1 aromatic carbocycles. The second kappa shape index (κ2) is 3.58. The van der Waals surface area contributed by atoms with Gasteiger partial charge >= 0.3 is 0 Å². The lowest BCUT2D eigenvalue weighted by molar-refractivity contribution is 0.518. The molecule has 1 aromatic rings. The lowest BCUT2D eigenvalue weighted by Gasteiger charge is -2.01. The smallest absolute Gasteiger partial charge is 0.0324 e. The summed E-state index contributed by atoms with van der Waals surface area (Å²) in [6.45, 7) is 2.36. The van der Waals surface area contributed by atoms with Gasteiger partial charge in [0.1, 0.15) is 0 Å². The predicted octanol–water partition coefficient (Wildman–Crippen LogP) is 2.27. The molecule has 0 spiro atoms. The first-order valence-corrected chi connectivity index (χ1v) is 5.36. The molecule has 0 saturated carbocycles. The Bertz CT molecular complexity index is 247. The highest BCUT2D eigenvalue weighted by Gasteiger charge is 2.31. The van der Waals surface area contributed by atoms with Crippen LogP contribution in [-0.4, -0.2) is 22.8 Å². The SMILES string of the molecule is BrC[C@@H]1CN1Cc1ccccc1. The van der Waals surface area contributed by atoms with Gasteiger partial charge in [0.25, 0.3) is 0 Å². The van der Waals surface area contributed by atoms with E-state index < -0.39 is 0 Å². The molecule has 0 aromatic heterocycles. The van der Waals surface area contributed by atoms with Crippen molar-refractivity contribution in [1.82, 2.24) is 4.90 Å². The topological polar surface area (TPSA) is 3.01 Å². The molecule has 1 aliphatic heterocycles. The zero-order valence-electron chi connectivity index (χ0n) is 6.91. The van der Waals surface area contributed by atoms with Gasteiger partial charge in [-0.3, -0.25) is 4.90 Å². The van der Waals surface area contributed by atoms with Crippen molar-refractivity contribution in [2.24, 2.45) is 0 Å². The van der Waals surface area contributed by atoms with Crippen LogP contribution in [0.5, 0.6) is 0 Å². The molecule has 1 heterocycles. The second-order valence-corrected chi connectivity index (χ2v) is 3.87. The maximum atomic E-state index is 3.49. The van der Waals surface area contributed by atoms with Crippen molar-refractivity contribution in [1.29, 1.82) is 0 Å². The Kier molecular flexibility index (Phi) is 2.47. The molecule has 1 fully saturated rings. The van der Waals surface area contributed by atoms with Gasteiger partial charge in [-0.05, 0) is 5.56 Å². The third kappa shape index (κ3) is 1.87. The highest BCUT2D eigenvalue weighted by atomic mass is 79.9. The van der Waals surface area contributed by atoms with Crippen LogP contribution >= 0.6 is 15.9 Å². The van der Waals surface area contributed by atoms with Gasteiger partial charge in [0, 0.05) is 24.5 Å². The Morgan fingerprint density at radius 3 is 2.67 bits per heavy atom. The molecule has 1 saturated heterocycles. The van der Waals surface area contributed by atoms with Crippen molar-refractivity contribution in [2.75, 3.05) is 11.9 Å². The molecule has 64 valence electrons. The molecule has 0 bridgehead atoms. The summed E-state index contributed by atoms with van der Waals surface area (Å²) in [7, 11) is 0. The van der Waals surface area contributed by atoms with Gasteiger partial charge in [-0.25, -0.2) is 0 Å². The third-order valence-corrected chi connectivity index (χ3v) is 2.98. The van der Waals surface area contributed by atoms with Crippen LogP contribution in [0.15, 0.2) is 30.3 Å². The quantitative estimate of drug-likeness (QED) is 0.564. The van der Waals surface area contributed by atoms with Crippen LogP contribution in [0.25, 0.3) is 0 Å². The molecular formula is C10H12BrN. The fraction of sp³-hybridized carbons (Fsp3) is 0.400. The Hall–Kier alpha value is -0.340. The van der Waals surface area contributed by atoms with Crippen LogP contribution in [-0.2, 0) is 6.54 Å². The number of nitrogens with zero attached hydrogens (tertiary/aromatic N) is 1. The Morgan fingerprint density at radius 2 is 2.08 bits per heavy atom. The van der Waals surface area contributed by atoms with E-state index in [-0.39, 0.29) is 0 Å². The van der Waals surface area contributed by atoms with E-state index in [0.717, 1.165) is 17.9 Å². The summed E-state index contributed by atoms with van der Waals surface area (Å²) in [5.41, 5.74) is 1.42. The molecular weight excluding hydrogens is 214 g/mol. The molecule has 1 aliphatic rings. The molecule has 1 nitrogen and oxygen atoms in total. The third-order valence-electron chi connectivity index (χ3n) is 2.23. The minimum Gasteiger partial charge on any atom is -0.292 e. The molecule has 1 unspecified atom stereocenters. The average molecular weight is 226 g/mol. The number of benzene rings is 1. The van der Waals surface area contributed by atoms with E-state index in [4.69, 9.17) is 0 Å². The Labute approximate surface area is 81.5 Å². The van der Waals surface area contributed by atoms with Gasteiger partial charge < -0.3 is 0 Å². The van der Waals surface area contributed by atoms with E-state index in [1.54, 1.807) is 0 Å². The van der Waals surface area contributed by atoms with Crippen molar-refractivity contribution in [3.63, 3.8) is 0 Å². The molecule has 2 rings (SSSR count). The zero-order chi connectivity index (χ0) is 8.39. The Morgan fingerprint density at radius 1 is 1.33 bits per heavy atom. The first kappa shape index (κ1) is 8.27. The van der Waals surface area contributed by atoms with Crippen LogP contribution in [0.4, 0.5) is 0 Å². The molecule has 2 heteroatoms. The van der Waals surface area contributed by atoms with E-state index >= 15 is 0 Å². The minimum atomic E-state index is 0.783. The summed E-state index contributed by atoms with van der Waals surface area (Å²) >= 11 is 3.49. The van der Waals surface area contributed by atoms with Gasteiger partial charge in [-0.2, -0.15) is 0 Å². The van der Waals surface area contributed by atoms with E-state index in [0.29, 0.717) is 0 Å². The maximum absolute atomic E-state index is 3.49. The van der Waals surface area contributed by atoms with Crippen molar-refractivity contribution in [2.45, 2.75) is 12.6 Å². The first-order chi connectivity index (χ1) is 5.90. The summed E-state index contributed by atoms with van der Waals surface area (Å²) in [6.07, 6.45) is 0. The highest BCUT2D eigenvalue weighted by molar-refractivity contribution is 9.09. The maximum Gasteiger partial charge on any atom is 0.0324 e. The normalized spacial score (nSPS) is 27.1. The van der Waals surface area contributed by atoms with Crippen LogP contribution < -0.4 is 0 Å². The van der Waals surface area contributed by atoms with Gasteiger partial charge in [-0.15, -0.1) is 0 Å². The Balaban J connectivity index is 1.89. The molecule has 0 amide bonds. The summed E-state index contributed by atoms with van der Waals surface area (Å²) in [5, 5.41) is 1.11.